The third-order valence-electron chi connectivity index (χ3n) is 6.05. The quantitative estimate of drug-likeness (QED) is 0.517. The minimum absolute atomic E-state index is 0.0103. The fourth-order valence-corrected chi connectivity index (χ4v) is 4.44. The Balaban J connectivity index is 1.59. The molecule has 1 fully saturated rings. The van der Waals surface area contributed by atoms with Gasteiger partial charge < -0.3 is 10.1 Å². The number of hydrogen-bond acceptors (Lipinski definition) is 5. The molecule has 1 aliphatic heterocycles. The molecule has 1 aliphatic rings. The molecule has 0 radical (unpaired) electrons. The Labute approximate surface area is 210 Å². The van der Waals surface area contributed by atoms with E-state index in [1.54, 1.807) is 24.3 Å². The summed E-state index contributed by atoms with van der Waals surface area (Å²) in [7, 11) is 0. The number of aromatic nitrogens is 3. The Hall–Kier alpha value is -2.94. The molecular weight excluding hydrogens is 466 g/mol. The van der Waals surface area contributed by atoms with Crippen LogP contribution in [-0.4, -0.2) is 63.5 Å². The van der Waals surface area contributed by atoms with Crippen LogP contribution >= 0.6 is 11.6 Å². The average Bonchev–Trinajstić information content (AvgIpc) is 3.13. The van der Waals surface area contributed by atoms with E-state index >= 15 is 0 Å². The first-order chi connectivity index (χ1) is 16.8. The van der Waals surface area contributed by atoms with Crippen molar-refractivity contribution in [3.63, 3.8) is 0 Å². The van der Waals surface area contributed by atoms with Crippen molar-refractivity contribution in [3.8, 4) is 11.4 Å². The van der Waals surface area contributed by atoms with Crippen LogP contribution in [0.4, 0.5) is 0 Å². The van der Waals surface area contributed by atoms with Crippen molar-refractivity contribution in [1.29, 1.82) is 0 Å². The van der Waals surface area contributed by atoms with Crippen molar-refractivity contribution in [2.75, 3.05) is 26.3 Å². The van der Waals surface area contributed by atoms with E-state index in [1.807, 2.05) is 38.1 Å². The molecule has 1 N–H and O–H groups in total. The first-order valence-electron chi connectivity index (χ1n) is 12.0. The van der Waals surface area contributed by atoms with E-state index in [1.165, 1.54) is 14.8 Å². The molecule has 2 heterocycles. The molecule has 35 heavy (non-hydrogen) atoms. The van der Waals surface area contributed by atoms with Crippen LogP contribution in [0.5, 0.6) is 0 Å². The third-order valence-corrected chi connectivity index (χ3v) is 6.29. The molecule has 2 aromatic carbocycles. The molecule has 4 rings (SSSR count). The summed E-state index contributed by atoms with van der Waals surface area (Å²) in [6.45, 7) is 9.42. The van der Waals surface area contributed by atoms with Crippen LogP contribution in [0.25, 0.3) is 11.4 Å². The van der Waals surface area contributed by atoms with Gasteiger partial charge in [0, 0.05) is 30.2 Å². The molecular formula is C26H32ClN5O3. The number of ether oxygens (including phenoxy) is 1. The van der Waals surface area contributed by atoms with Gasteiger partial charge >= 0.3 is 5.69 Å². The van der Waals surface area contributed by atoms with E-state index in [2.05, 4.69) is 22.2 Å². The average molecular weight is 498 g/mol. The van der Waals surface area contributed by atoms with E-state index in [9.17, 15) is 9.59 Å². The highest BCUT2D eigenvalue weighted by molar-refractivity contribution is 6.30. The van der Waals surface area contributed by atoms with E-state index in [0.29, 0.717) is 28.3 Å². The van der Waals surface area contributed by atoms with E-state index in [4.69, 9.17) is 16.3 Å². The zero-order chi connectivity index (χ0) is 24.9. The Bertz CT molecular complexity index is 1220. The Morgan fingerprint density at radius 1 is 1.20 bits per heavy atom. The fraction of sp³-hybridized carbons (Fsp3) is 0.423. The lowest BCUT2D eigenvalue weighted by Gasteiger charge is -2.33. The largest absolute Gasteiger partial charge is 0.379 e. The number of carbonyl (C=O) groups is 1. The van der Waals surface area contributed by atoms with Crippen LogP contribution < -0.4 is 11.0 Å². The number of nitrogens with zero attached hydrogens (tertiary/aromatic N) is 4. The van der Waals surface area contributed by atoms with Gasteiger partial charge in [0.1, 0.15) is 5.82 Å². The number of amides is 1. The highest BCUT2D eigenvalue weighted by atomic mass is 35.5. The van der Waals surface area contributed by atoms with Crippen LogP contribution in [-0.2, 0) is 22.4 Å². The van der Waals surface area contributed by atoms with Gasteiger partial charge in [-0.15, -0.1) is 5.10 Å². The molecule has 8 nitrogen and oxygen atoms in total. The molecule has 0 bridgehead atoms. The van der Waals surface area contributed by atoms with E-state index < -0.39 is 0 Å². The molecule has 9 heteroatoms. The molecule has 1 saturated heterocycles. The van der Waals surface area contributed by atoms with E-state index in [-0.39, 0.29) is 24.1 Å². The molecule has 0 saturated carbocycles. The highest BCUT2D eigenvalue weighted by Gasteiger charge is 2.20. The minimum Gasteiger partial charge on any atom is -0.379 e. The van der Waals surface area contributed by atoms with Crippen molar-refractivity contribution >= 4 is 17.5 Å². The summed E-state index contributed by atoms with van der Waals surface area (Å²) in [5, 5.41) is 7.89. The first kappa shape index (κ1) is 25.2. The lowest BCUT2D eigenvalue weighted by Crippen LogP contribution is -2.44. The maximum atomic E-state index is 13.4. The summed E-state index contributed by atoms with van der Waals surface area (Å²) >= 11 is 6.18. The number of hydrogen-bond donors (Lipinski definition) is 1. The van der Waals surface area contributed by atoms with Gasteiger partial charge in [-0.2, -0.15) is 4.68 Å². The second kappa shape index (κ2) is 11.2. The van der Waals surface area contributed by atoms with Gasteiger partial charge in [-0.1, -0.05) is 29.8 Å². The predicted octanol–water partition coefficient (Wildman–Crippen LogP) is 3.01. The van der Waals surface area contributed by atoms with Crippen LogP contribution in [0, 0.1) is 0 Å². The van der Waals surface area contributed by atoms with Crippen molar-refractivity contribution in [2.24, 2.45) is 0 Å². The number of halogens is 1. The zero-order valence-electron chi connectivity index (χ0n) is 20.4. The van der Waals surface area contributed by atoms with Crippen LogP contribution in [0.15, 0.2) is 53.3 Å². The second-order valence-electron chi connectivity index (χ2n) is 9.20. The number of rotatable bonds is 8. The predicted molar refractivity (Wildman–Crippen MR) is 137 cm³/mol. The minimum atomic E-state index is -0.352. The van der Waals surface area contributed by atoms with Crippen molar-refractivity contribution in [3.05, 3.63) is 75.4 Å². The summed E-state index contributed by atoms with van der Waals surface area (Å²) in [6.07, 6.45) is 0.889. The normalized spacial score (nSPS) is 16.5. The molecule has 186 valence electrons. The standard InChI is InChI=1S/C26H32ClN5O3/c1-18(2)28-25(33)16-24-29-32(26(34)31(24)23-6-4-5-21(27)15-23)22-9-7-20(8-10-22)11-12-30-13-14-35-17-19(30)3/h4-10,15,18-19H,11-14,16-17H2,1-3H3,(H,28,33). The highest BCUT2D eigenvalue weighted by Crippen LogP contribution is 2.17. The molecule has 0 spiro atoms. The first-order valence-corrected chi connectivity index (χ1v) is 12.4. The number of carbonyl (C=O) groups excluding carboxylic acids is 1. The maximum Gasteiger partial charge on any atom is 0.355 e. The van der Waals surface area contributed by atoms with Gasteiger partial charge in [-0.25, -0.2) is 9.36 Å². The van der Waals surface area contributed by atoms with Gasteiger partial charge in [-0.05, 0) is 63.1 Å². The Kier molecular flexibility index (Phi) is 8.05. The van der Waals surface area contributed by atoms with Gasteiger partial charge in [0.15, 0.2) is 0 Å². The van der Waals surface area contributed by atoms with Gasteiger partial charge in [0.25, 0.3) is 0 Å². The number of benzene rings is 2. The van der Waals surface area contributed by atoms with Crippen molar-refractivity contribution in [2.45, 2.75) is 45.7 Å². The molecule has 1 atom stereocenters. The lowest BCUT2D eigenvalue weighted by atomic mass is 10.1. The molecule has 1 unspecified atom stereocenters. The molecule has 3 aromatic rings. The summed E-state index contributed by atoms with van der Waals surface area (Å²) < 4.78 is 8.30. The van der Waals surface area contributed by atoms with Crippen molar-refractivity contribution < 1.29 is 9.53 Å². The number of nitrogens with one attached hydrogen (secondary N) is 1. The van der Waals surface area contributed by atoms with Crippen LogP contribution in [0.1, 0.15) is 32.2 Å². The van der Waals surface area contributed by atoms with Crippen LogP contribution in [0.2, 0.25) is 5.02 Å². The van der Waals surface area contributed by atoms with Gasteiger partial charge in [0.2, 0.25) is 5.91 Å². The van der Waals surface area contributed by atoms with E-state index in [0.717, 1.165) is 32.7 Å². The van der Waals surface area contributed by atoms with Crippen molar-refractivity contribution in [1.82, 2.24) is 24.6 Å². The smallest absolute Gasteiger partial charge is 0.355 e. The molecule has 1 amide bonds. The summed E-state index contributed by atoms with van der Waals surface area (Å²) in [5.41, 5.74) is 2.04. The molecule has 0 aliphatic carbocycles. The summed E-state index contributed by atoms with van der Waals surface area (Å²) in [6, 6.07) is 15.2. The summed E-state index contributed by atoms with van der Waals surface area (Å²) in [5.74, 6) is 0.147. The lowest BCUT2D eigenvalue weighted by molar-refractivity contribution is -0.121. The third kappa shape index (κ3) is 6.20. The Morgan fingerprint density at radius 2 is 1.97 bits per heavy atom. The fourth-order valence-electron chi connectivity index (χ4n) is 4.25. The van der Waals surface area contributed by atoms with Gasteiger partial charge in [0.05, 0.1) is 31.0 Å². The van der Waals surface area contributed by atoms with Gasteiger partial charge in [-0.3, -0.25) is 9.69 Å². The maximum absolute atomic E-state index is 13.4. The topological polar surface area (TPSA) is 81.4 Å². The Morgan fingerprint density at radius 3 is 2.66 bits per heavy atom. The number of morpholine rings is 1. The van der Waals surface area contributed by atoms with Crippen LogP contribution in [0.3, 0.4) is 0 Å². The summed E-state index contributed by atoms with van der Waals surface area (Å²) in [4.78, 5) is 28.3. The second-order valence-corrected chi connectivity index (χ2v) is 9.64. The monoisotopic (exact) mass is 497 g/mol. The zero-order valence-corrected chi connectivity index (χ0v) is 21.2. The molecule has 1 aromatic heterocycles. The SMILES string of the molecule is CC(C)NC(=O)Cc1nn(-c2ccc(CCN3CCOCC3C)cc2)c(=O)n1-c1cccc(Cl)c1.